The third-order valence-electron chi connectivity index (χ3n) is 2.63. The van der Waals surface area contributed by atoms with Gasteiger partial charge in [0.15, 0.2) is 5.16 Å². The first-order valence-corrected chi connectivity index (χ1v) is 8.14. The van der Waals surface area contributed by atoms with Crippen LogP contribution in [0.15, 0.2) is 17.3 Å². The van der Waals surface area contributed by atoms with Gasteiger partial charge < -0.3 is 9.67 Å². The third kappa shape index (κ3) is 3.43. The maximum absolute atomic E-state index is 13.7. The van der Waals surface area contributed by atoms with E-state index in [1.165, 1.54) is 6.07 Å². The number of carbonyl (C=O) groups is 1. The number of imidazole rings is 1. The highest BCUT2D eigenvalue weighted by molar-refractivity contribution is 14.1. The number of aromatic nitrogens is 2. The van der Waals surface area contributed by atoms with Crippen LogP contribution in [0.2, 0.25) is 0 Å². The summed E-state index contributed by atoms with van der Waals surface area (Å²) in [6, 6.07) is 3.16. The summed E-state index contributed by atoms with van der Waals surface area (Å²) in [6.07, 6.45) is 0. The van der Waals surface area contributed by atoms with Gasteiger partial charge in [-0.3, -0.25) is 4.79 Å². The number of fused-ring (bicyclic) bond motifs is 1. The molecule has 0 saturated heterocycles. The van der Waals surface area contributed by atoms with Crippen molar-refractivity contribution < 1.29 is 14.3 Å². The van der Waals surface area contributed by atoms with E-state index in [1.807, 2.05) is 27.2 Å². The van der Waals surface area contributed by atoms with Crippen molar-refractivity contribution in [2.24, 2.45) is 5.92 Å². The average Bonchev–Trinajstić information content (AvgIpc) is 2.65. The lowest BCUT2D eigenvalue weighted by atomic mass is 10.2. The molecule has 0 saturated carbocycles. The topological polar surface area (TPSA) is 55.1 Å². The molecule has 1 N–H and O–H groups in total. The highest BCUT2D eigenvalue weighted by atomic mass is 127. The molecule has 7 heteroatoms. The van der Waals surface area contributed by atoms with Gasteiger partial charge in [-0.15, -0.1) is 0 Å². The monoisotopic (exact) mass is 408 g/mol. The fraction of sp³-hybridized carbons (Fsp3) is 0.385. The summed E-state index contributed by atoms with van der Waals surface area (Å²) in [6.45, 7) is 4.79. The zero-order valence-electron chi connectivity index (χ0n) is 11.1. The molecule has 0 fully saturated rings. The molecular formula is C13H14FIN2O2S. The van der Waals surface area contributed by atoms with Crippen LogP contribution in [0.5, 0.6) is 0 Å². The lowest BCUT2D eigenvalue weighted by Crippen LogP contribution is -2.07. The fourth-order valence-electron chi connectivity index (χ4n) is 1.88. The van der Waals surface area contributed by atoms with E-state index in [0.717, 1.165) is 11.8 Å². The van der Waals surface area contributed by atoms with Crippen LogP contribution in [0.4, 0.5) is 4.39 Å². The van der Waals surface area contributed by atoms with E-state index in [4.69, 9.17) is 5.11 Å². The summed E-state index contributed by atoms with van der Waals surface area (Å²) in [4.78, 5) is 15.1. The maximum atomic E-state index is 13.7. The van der Waals surface area contributed by atoms with Crippen molar-refractivity contribution in [3.8, 4) is 0 Å². The summed E-state index contributed by atoms with van der Waals surface area (Å²) in [5.41, 5.74) is 1.41. The second-order valence-electron chi connectivity index (χ2n) is 4.84. The van der Waals surface area contributed by atoms with Crippen LogP contribution in [0, 0.1) is 15.3 Å². The molecule has 1 aromatic heterocycles. The van der Waals surface area contributed by atoms with E-state index in [1.54, 1.807) is 6.07 Å². The predicted molar refractivity (Wildman–Crippen MR) is 85.6 cm³/mol. The van der Waals surface area contributed by atoms with Crippen molar-refractivity contribution >= 4 is 51.4 Å². The number of hydrogen-bond acceptors (Lipinski definition) is 3. The molecule has 1 aromatic carbocycles. The molecule has 1 heterocycles. The molecule has 0 atom stereocenters. The zero-order valence-corrected chi connectivity index (χ0v) is 14.0. The molecule has 0 spiro atoms. The van der Waals surface area contributed by atoms with E-state index >= 15 is 0 Å². The molecule has 0 aliphatic heterocycles. The van der Waals surface area contributed by atoms with Gasteiger partial charge in [0.1, 0.15) is 5.82 Å². The van der Waals surface area contributed by atoms with Gasteiger partial charge in [0.25, 0.3) is 0 Å². The lowest BCUT2D eigenvalue weighted by Gasteiger charge is -2.10. The Bertz CT molecular complexity index is 657. The molecule has 0 amide bonds. The third-order valence-corrected chi connectivity index (χ3v) is 4.42. The Balaban J connectivity index is 2.51. The van der Waals surface area contributed by atoms with Gasteiger partial charge in [0.05, 0.1) is 20.4 Å². The molecule has 0 radical (unpaired) electrons. The largest absolute Gasteiger partial charge is 0.481 e. The molecule has 4 nitrogen and oxygen atoms in total. The average molecular weight is 408 g/mol. The van der Waals surface area contributed by atoms with Gasteiger partial charge in [-0.2, -0.15) is 0 Å². The van der Waals surface area contributed by atoms with Gasteiger partial charge in [-0.05, 0) is 34.6 Å². The second kappa shape index (κ2) is 6.30. The summed E-state index contributed by atoms with van der Waals surface area (Å²) >= 11 is 3.09. The molecule has 0 bridgehead atoms. The first-order chi connectivity index (χ1) is 9.38. The van der Waals surface area contributed by atoms with Gasteiger partial charge in [-0.25, -0.2) is 9.37 Å². The molecule has 20 heavy (non-hydrogen) atoms. The van der Waals surface area contributed by atoms with Crippen LogP contribution >= 0.6 is 34.4 Å². The van der Waals surface area contributed by atoms with Crippen molar-refractivity contribution in [3.63, 3.8) is 0 Å². The molecular weight excluding hydrogens is 394 g/mol. The van der Waals surface area contributed by atoms with E-state index in [0.29, 0.717) is 32.2 Å². The lowest BCUT2D eigenvalue weighted by molar-refractivity contribution is -0.133. The Morgan fingerprint density at radius 1 is 1.55 bits per heavy atom. The number of aliphatic carboxylic acids is 1. The Morgan fingerprint density at radius 2 is 2.25 bits per heavy atom. The van der Waals surface area contributed by atoms with Crippen molar-refractivity contribution in [1.82, 2.24) is 9.55 Å². The van der Waals surface area contributed by atoms with Crippen LogP contribution in [-0.2, 0) is 11.3 Å². The predicted octanol–water partition coefficient (Wildman–Crippen LogP) is 3.61. The number of rotatable bonds is 5. The normalized spacial score (nSPS) is 11.4. The number of hydrogen-bond donors (Lipinski definition) is 1. The maximum Gasteiger partial charge on any atom is 0.313 e. The van der Waals surface area contributed by atoms with E-state index in [-0.39, 0.29) is 11.6 Å². The number of thioether (sulfide) groups is 1. The quantitative estimate of drug-likeness (QED) is 0.607. The minimum Gasteiger partial charge on any atom is -0.481 e. The van der Waals surface area contributed by atoms with Gasteiger partial charge in [0.2, 0.25) is 0 Å². The first kappa shape index (κ1) is 15.6. The van der Waals surface area contributed by atoms with Crippen molar-refractivity contribution in [3.05, 3.63) is 21.5 Å². The van der Waals surface area contributed by atoms with E-state index in [2.05, 4.69) is 18.8 Å². The zero-order chi connectivity index (χ0) is 14.9. The van der Waals surface area contributed by atoms with Crippen molar-refractivity contribution in [2.75, 3.05) is 5.75 Å². The van der Waals surface area contributed by atoms with E-state index in [9.17, 15) is 9.18 Å². The summed E-state index contributed by atoms with van der Waals surface area (Å²) in [7, 11) is 0. The first-order valence-electron chi connectivity index (χ1n) is 6.08. The van der Waals surface area contributed by atoms with Gasteiger partial charge >= 0.3 is 5.97 Å². The molecule has 108 valence electrons. The highest BCUT2D eigenvalue weighted by Gasteiger charge is 2.15. The molecule has 0 aliphatic rings. The van der Waals surface area contributed by atoms with Gasteiger partial charge in [-0.1, -0.05) is 25.6 Å². The molecule has 2 rings (SSSR count). The molecule has 0 aliphatic carbocycles. The fourth-order valence-corrected chi connectivity index (χ4v) is 3.07. The Labute approximate surface area is 133 Å². The van der Waals surface area contributed by atoms with Crippen LogP contribution in [0.25, 0.3) is 11.0 Å². The van der Waals surface area contributed by atoms with Crippen molar-refractivity contribution in [1.29, 1.82) is 0 Å². The Morgan fingerprint density at radius 3 is 2.85 bits per heavy atom. The van der Waals surface area contributed by atoms with E-state index < -0.39 is 5.97 Å². The second-order valence-corrected chi connectivity index (χ2v) is 6.94. The van der Waals surface area contributed by atoms with Crippen molar-refractivity contribution in [2.45, 2.75) is 25.5 Å². The number of nitrogens with zero attached hydrogens (tertiary/aromatic N) is 2. The number of halogens is 2. The highest BCUT2D eigenvalue weighted by Crippen LogP contribution is 2.27. The van der Waals surface area contributed by atoms with Crippen LogP contribution in [0.3, 0.4) is 0 Å². The number of carboxylic acids is 1. The SMILES string of the molecule is CC(C)Cn1c(SCC(=O)O)nc2cc(I)c(F)cc21. The number of benzene rings is 1. The Kier molecular flexibility index (Phi) is 4.90. The minimum atomic E-state index is -0.890. The summed E-state index contributed by atoms with van der Waals surface area (Å²) in [5, 5.41) is 9.41. The summed E-state index contributed by atoms with van der Waals surface area (Å²) < 4.78 is 16.1. The number of carboxylic acid groups (broad SMARTS) is 1. The smallest absolute Gasteiger partial charge is 0.313 e. The van der Waals surface area contributed by atoms with Gasteiger partial charge in [0, 0.05) is 12.6 Å². The molecule has 0 unspecified atom stereocenters. The standard InChI is InChI=1S/C13H14FIN2O2S/c1-7(2)5-17-11-3-8(14)9(15)4-10(11)16-13(17)20-6-12(18)19/h3-4,7H,5-6H2,1-2H3,(H,18,19). The van der Waals surface area contributed by atoms with Crippen LogP contribution < -0.4 is 0 Å². The van der Waals surface area contributed by atoms with Crippen LogP contribution in [-0.4, -0.2) is 26.4 Å². The van der Waals surface area contributed by atoms with Crippen LogP contribution in [0.1, 0.15) is 13.8 Å². The minimum absolute atomic E-state index is 0.0546. The molecule has 2 aromatic rings. The Hall–Kier alpha value is -0.830. The summed E-state index contributed by atoms with van der Waals surface area (Å²) in [5.74, 6) is -0.864.